The van der Waals surface area contributed by atoms with Crippen LogP contribution in [0.25, 0.3) is 0 Å². The number of sulfonamides is 1. The lowest BCUT2D eigenvalue weighted by atomic mass is 9.98. The molecule has 0 aromatic carbocycles. The Balaban J connectivity index is 1.56. The third-order valence-corrected chi connectivity index (χ3v) is 7.29. The Morgan fingerprint density at radius 2 is 2.04 bits per heavy atom. The monoisotopic (exact) mass is 359 g/mol. The van der Waals surface area contributed by atoms with Gasteiger partial charge < -0.3 is 9.47 Å². The molecule has 23 heavy (non-hydrogen) atoms. The lowest BCUT2D eigenvalue weighted by Crippen LogP contribution is -2.41. The zero-order valence-corrected chi connectivity index (χ0v) is 14.0. The van der Waals surface area contributed by atoms with Crippen molar-refractivity contribution in [2.24, 2.45) is 5.92 Å². The lowest BCUT2D eigenvalue weighted by Gasteiger charge is -2.29. The second-order valence-electron chi connectivity index (χ2n) is 5.49. The topological polar surface area (TPSA) is 90.0 Å². The van der Waals surface area contributed by atoms with Crippen molar-refractivity contribution in [2.45, 2.75) is 29.6 Å². The quantitative estimate of drug-likeness (QED) is 0.745. The van der Waals surface area contributed by atoms with Crippen LogP contribution in [0, 0.1) is 5.92 Å². The van der Waals surface area contributed by atoms with Crippen molar-refractivity contribution in [2.75, 3.05) is 19.7 Å². The minimum Gasteiger partial charge on any atom is -0.463 e. The highest BCUT2D eigenvalue weighted by molar-refractivity contribution is 7.91. The molecule has 1 aromatic heterocycles. The fourth-order valence-electron chi connectivity index (χ4n) is 2.69. The first kappa shape index (κ1) is 16.4. The smallest absolute Gasteiger partial charge is 0.347 e. The number of ether oxygens (including phenoxy) is 2. The van der Waals surface area contributed by atoms with Crippen molar-refractivity contribution < 1.29 is 27.5 Å². The molecule has 3 rings (SSSR count). The molecule has 0 aliphatic carbocycles. The van der Waals surface area contributed by atoms with Crippen LogP contribution in [0.1, 0.15) is 19.3 Å². The molecule has 1 aromatic rings. The molecule has 1 atom stereocenters. The fourth-order valence-corrected chi connectivity index (χ4v) is 5.30. The lowest BCUT2D eigenvalue weighted by molar-refractivity contribution is -0.164. The van der Waals surface area contributed by atoms with Crippen LogP contribution >= 0.6 is 11.3 Å². The van der Waals surface area contributed by atoms with Crippen molar-refractivity contribution in [1.82, 2.24) is 4.31 Å². The molecule has 126 valence electrons. The Bertz CT molecular complexity index is 676. The predicted octanol–water partition coefficient (Wildman–Crippen LogP) is 1.01. The van der Waals surface area contributed by atoms with Crippen LogP contribution in [0.4, 0.5) is 0 Å². The van der Waals surface area contributed by atoms with Crippen molar-refractivity contribution >= 4 is 33.3 Å². The van der Waals surface area contributed by atoms with Gasteiger partial charge in [-0.3, -0.25) is 4.79 Å². The van der Waals surface area contributed by atoms with Gasteiger partial charge in [0.2, 0.25) is 6.10 Å². The van der Waals surface area contributed by atoms with E-state index in [1.807, 2.05) is 0 Å². The maximum absolute atomic E-state index is 12.4. The predicted molar refractivity (Wildman–Crippen MR) is 81.3 cm³/mol. The van der Waals surface area contributed by atoms with Crippen LogP contribution in [0.2, 0.25) is 0 Å². The summed E-state index contributed by atoms with van der Waals surface area (Å²) >= 11 is 1.18. The van der Waals surface area contributed by atoms with Crippen molar-refractivity contribution in [3.8, 4) is 0 Å². The molecule has 0 radical (unpaired) electrons. The van der Waals surface area contributed by atoms with Crippen molar-refractivity contribution in [3.63, 3.8) is 0 Å². The zero-order valence-electron chi connectivity index (χ0n) is 12.3. The van der Waals surface area contributed by atoms with E-state index >= 15 is 0 Å². The summed E-state index contributed by atoms with van der Waals surface area (Å²) in [5.41, 5.74) is 0. The molecule has 0 bridgehead atoms. The van der Waals surface area contributed by atoms with E-state index in [4.69, 9.17) is 9.47 Å². The Morgan fingerprint density at radius 1 is 1.30 bits per heavy atom. The summed E-state index contributed by atoms with van der Waals surface area (Å²) in [4.78, 5) is 23.4. The minimum atomic E-state index is -3.47. The largest absolute Gasteiger partial charge is 0.463 e. The molecule has 0 spiro atoms. The van der Waals surface area contributed by atoms with Gasteiger partial charge in [0, 0.05) is 19.5 Å². The highest BCUT2D eigenvalue weighted by atomic mass is 32.2. The average Bonchev–Trinajstić information content (AvgIpc) is 3.20. The highest BCUT2D eigenvalue weighted by Gasteiger charge is 2.36. The summed E-state index contributed by atoms with van der Waals surface area (Å²) in [6, 6.07) is 3.27. The van der Waals surface area contributed by atoms with Crippen molar-refractivity contribution in [3.05, 3.63) is 17.5 Å². The van der Waals surface area contributed by atoms with Gasteiger partial charge in [-0.25, -0.2) is 13.2 Å². The molecule has 0 amide bonds. The zero-order chi connectivity index (χ0) is 16.4. The Morgan fingerprint density at radius 3 is 2.61 bits per heavy atom. The minimum absolute atomic E-state index is 0.272. The molecule has 2 fully saturated rings. The van der Waals surface area contributed by atoms with Gasteiger partial charge in [0.05, 0.1) is 12.5 Å². The van der Waals surface area contributed by atoms with E-state index < -0.39 is 28.1 Å². The Kier molecular flexibility index (Phi) is 4.69. The second kappa shape index (κ2) is 6.58. The van der Waals surface area contributed by atoms with E-state index in [0.717, 1.165) is 0 Å². The molecule has 0 unspecified atom stereocenters. The van der Waals surface area contributed by atoms with Crippen LogP contribution in [0.3, 0.4) is 0 Å². The van der Waals surface area contributed by atoms with E-state index in [1.54, 1.807) is 17.5 Å². The summed E-state index contributed by atoms with van der Waals surface area (Å²) in [5.74, 6) is -1.32. The van der Waals surface area contributed by atoms with Gasteiger partial charge >= 0.3 is 11.9 Å². The number of nitrogens with zero attached hydrogens (tertiary/aromatic N) is 1. The molecule has 2 saturated heterocycles. The normalized spacial score (nSPS) is 23.7. The molecule has 2 aliphatic rings. The summed E-state index contributed by atoms with van der Waals surface area (Å²) in [5, 5.41) is 1.72. The highest BCUT2D eigenvalue weighted by Crippen LogP contribution is 2.27. The van der Waals surface area contributed by atoms with Crippen LogP contribution in [-0.4, -0.2) is 50.5 Å². The summed E-state index contributed by atoms with van der Waals surface area (Å²) < 4.78 is 36.4. The molecular weight excluding hydrogens is 342 g/mol. The number of esters is 2. The first-order valence-electron chi connectivity index (χ1n) is 7.39. The molecule has 7 nitrogen and oxygen atoms in total. The van der Waals surface area contributed by atoms with Gasteiger partial charge in [-0.2, -0.15) is 4.31 Å². The molecule has 0 saturated carbocycles. The number of cyclic esters (lactones) is 1. The summed E-state index contributed by atoms with van der Waals surface area (Å²) in [6.45, 7) is 0.818. The molecule has 0 N–H and O–H groups in total. The van der Waals surface area contributed by atoms with Crippen LogP contribution in [0.15, 0.2) is 21.7 Å². The Hall–Kier alpha value is -1.45. The van der Waals surface area contributed by atoms with E-state index in [-0.39, 0.29) is 25.6 Å². The number of hydrogen-bond acceptors (Lipinski definition) is 7. The fraction of sp³-hybridized carbons (Fsp3) is 0.571. The third kappa shape index (κ3) is 3.41. The third-order valence-electron chi connectivity index (χ3n) is 4.02. The number of piperidine rings is 1. The van der Waals surface area contributed by atoms with Gasteiger partial charge in [0.1, 0.15) is 4.21 Å². The van der Waals surface area contributed by atoms with E-state index in [1.165, 1.54) is 15.6 Å². The van der Waals surface area contributed by atoms with Crippen LogP contribution < -0.4 is 0 Å². The molecule has 9 heteroatoms. The second-order valence-corrected chi connectivity index (χ2v) is 8.60. The maximum Gasteiger partial charge on any atom is 0.347 e. The first-order chi connectivity index (χ1) is 11.0. The van der Waals surface area contributed by atoms with Crippen LogP contribution in [0.5, 0.6) is 0 Å². The van der Waals surface area contributed by atoms with Gasteiger partial charge in [0.15, 0.2) is 0 Å². The van der Waals surface area contributed by atoms with E-state index in [2.05, 4.69) is 0 Å². The standard InChI is InChI=1S/C14H17NO6S2/c16-13(21-11-5-8-20-14(11)17)10-3-6-15(7-4-10)23(18,19)12-2-1-9-22-12/h1-2,9-11H,3-8H2/t11-/m0/s1. The maximum atomic E-state index is 12.4. The SMILES string of the molecule is O=C(O[C@H]1CCOC1=O)C1CCN(S(=O)(=O)c2cccs2)CC1. The Labute approximate surface area is 138 Å². The number of thiophene rings is 1. The number of hydrogen-bond donors (Lipinski definition) is 0. The molecule has 3 heterocycles. The van der Waals surface area contributed by atoms with Gasteiger partial charge in [-0.1, -0.05) is 6.07 Å². The van der Waals surface area contributed by atoms with Crippen LogP contribution in [-0.2, 0) is 29.1 Å². The van der Waals surface area contributed by atoms with Crippen molar-refractivity contribution in [1.29, 1.82) is 0 Å². The average molecular weight is 359 g/mol. The number of carbonyl (C=O) groups is 2. The summed E-state index contributed by atoms with van der Waals surface area (Å²) in [7, 11) is -3.47. The van der Waals surface area contributed by atoms with Gasteiger partial charge in [-0.05, 0) is 24.3 Å². The molecular formula is C14H17NO6S2. The van der Waals surface area contributed by atoms with Gasteiger partial charge in [0.25, 0.3) is 10.0 Å². The number of carbonyl (C=O) groups excluding carboxylic acids is 2. The van der Waals surface area contributed by atoms with Gasteiger partial charge in [-0.15, -0.1) is 11.3 Å². The number of rotatable bonds is 4. The van der Waals surface area contributed by atoms with E-state index in [0.29, 0.717) is 23.5 Å². The van der Waals surface area contributed by atoms with E-state index in [9.17, 15) is 18.0 Å². The first-order valence-corrected chi connectivity index (χ1v) is 9.71. The molecule has 2 aliphatic heterocycles. The summed E-state index contributed by atoms with van der Waals surface area (Å²) in [6.07, 6.45) is 0.363.